The Kier molecular flexibility index (Phi) is 8.05. The summed E-state index contributed by atoms with van der Waals surface area (Å²) in [4.78, 5) is -0.225. The van der Waals surface area contributed by atoms with Crippen LogP contribution >= 0.6 is 0 Å². The maximum atomic E-state index is 12.9. The van der Waals surface area contributed by atoms with Crippen LogP contribution in [0.15, 0.2) is 47.4 Å². The van der Waals surface area contributed by atoms with Crippen molar-refractivity contribution >= 4 is 27.9 Å². The molecule has 0 aliphatic heterocycles. The van der Waals surface area contributed by atoms with Crippen molar-refractivity contribution in [3.63, 3.8) is 0 Å². The van der Waals surface area contributed by atoms with Gasteiger partial charge >= 0.3 is 0 Å². The zero-order valence-corrected chi connectivity index (χ0v) is 21.2. The van der Waals surface area contributed by atoms with E-state index >= 15 is 0 Å². The molecule has 0 aromatic heterocycles. The van der Waals surface area contributed by atoms with Crippen LogP contribution in [0.25, 0.3) is 12.2 Å². The molecular weight excluding hydrogens is 490 g/mol. The molecule has 0 unspecified atom stereocenters. The molecule has 3 aromatic rings. The van der Waals surface area contributed by atoms with E-state index in [2.05, 4.69) is 4.72 Å². The number of phenolic OH excluding ortho intramolecular Hbond substituents is 2. The van der Waals surface area contributed by atoms with Crippen LogP contribution in [0.2, 0.25) is 0 Å². The molecule has 3 N–H and O–H groups in total. The zero-order valence-electron chi connectivity index (χ0n) is 20.4. The molecule has 11 heteroatoms. The first kappa shape index (κ1) is 26.4. The van der Waals surface area contributed by atoms with Gasteiger partial charge in [0.2, 0.25) is 5.75 Å². The molecule has 3 rings (SSSR count). The highest BCUT2D eigenvalue weighted by Crippen LogP contribution is 2.40. The lowest BCUT2D eigenvalue weighted by atomic mass is 10.1. The monoisotopic (exact) mass is 517 g/mol. The predicted molar refractivity (Wildman–Crippen MR) is 135 cm³/mol. The van der Waals surface area contributed by atoms with Gasteiger partial charge in [-0.2, -0.15) is 0 Å². The predicted octanol–water partition coefficient (Wildman–Crippen LogP) is 4.11. The van der Waals surface area contributed by atoms with E-state index in [1.165, 1.54) is 53.7 Å². The van der Waals surface area contributed by atoms with Crippen molar-refractivity contribution in [2.75, 3.05) is 40.3 Å². The highest BCUT2D eigenvalue weighted by Gasteiger charge is 2.20. The van der Waals surface area contributed by atoms with Crippen LogP contribution < -0.4 is 28.4 Å². The Morgan fingerprint density at radius 1 is 0.694 bits per heavy atom. The van der Waals surface area contributed by atoms with Crippen LogP contribution in [0.4, 0.5) is 5.69 Å². The summed E-state index contributed by atoms with van der Waals surface area (Å²) in [5, 5.41) is 20.5. The van der Waals surface area contributed by atoms with Crippen molar-refractivity contribution in [3.05, 3.63) is 53.6 Å². The van der Waals surface area contributed by atoms with Crippen LogP contribution in [-0.2, 0) is 10.0 Å². The maximum Gasteiger partial charge on any atom is 0.262 e. The van der Waals surface area contributed by atoms with Crippen LogP contribution in [0.1, 0.15) is 11.1 Å². The fourth-order valence-electron chi connectivity index (χ4n) is 3.39. The first-order valence-electron chi connectivity index (χ1n) is 10.5. The molecule has 0 fully saturated rings. The summed E-state index contributed by atoms with van der Waals surface area (Å²) in [6.07, 6.45) is 3.44. The fourth-order valence-corrected chi connectivity index (χ4v) is 4.47. The van der Waals surface area contributed by atoms with Crippen LogP contribution in [0, 0.1) is 0 Å². The van der Waals surface area contributed by atoms with Gasteiger partial charge in [0, 0.05) is 6.07 Å². The number of methoxy groups -OCH3 is 5. The lowest BCUT2D eigenvalue weighted by Gasteiger charge is -2.14. The Labute approximate surface area is 209 Å². The summed E-state index contributed by atoms with van der Waals surface area (Å²) >= 11 is 0. The lowest BCUT2D eigenvalue weighted by molar-refractivity contribution is 0.324. The number of hydrogen-bond donors (Lipinski definition) is 3. The zero-order chi connectivity index (χ0) is 26.5. The lowest BCUT2D eigenvalue weighted by Crippen LogP contribution is -2.13. The molecule has 0 amide bonds. The molecule has 192 valence electrons. The molecular formula is C25H27NO9S. The van der Waals surface area contributed by atoms with Crippen molar-refractivity contribution in [2.24, 2.45) is 0 Å². The second-order valence-electron chi connectivity index (χ2n) is 7.35. The van der Waals surface area contributed by atoms with Gasteiger partial charge in [-0.25, -0.2) is 8.42 Å². The second-order valence-corrected chi connectivity index (χ2v) is 9.03. The number of rotatable bonds is 10. The van der Waals surface area contributed by atoms with Crippen molar-refractivity contribution in [1.29, 1.82) is 0 Å². The first-order valence-corrected chi connectivity index (χ1v) is 11.9. The third kappa shape index (κ3) is 5.52. The minimum absolute atomic E-state index is 0.0531. The number of hydrogen-bond acceptors (Lipinski definition) is 9. The van der Waals surface area contributed by atoms with Crippen molar-refractivity contribution < 1.29 is 42.3 Å². The van der Waals surface area contributed by atoms with Crippen LogP contribution in [-0.4, -0.2) is 54.2 Å². The summed E-state index contributed by atoms with van der Waals surface area (Å²) in [6.45, 7) is 0. The van der Waals surface area contributed by atoms with Gasteiger partial charge in [-0.3, -0.25) is 4.72 Å². The van der Waals surface area contributed by atoms with Gasteiger partial charge in [0.15, 0.2) is 34.5 Å². The van der Waals surface area contributed by atoms with E-state index in [1.54, 1.807) is 30.4 Å². The summed E-state index contributed by atoms with van der Waals surface area (Å²) in [6, 6.07) is 10.1. The second kappa shape index (κ2) is 11.0. The van der Waals surface area contributed by atoms with E-state index in [0.29, 0.717) is 28.4 Å². The average molecular weight is 518 g/mol. The Morgan fingerprint density at radius 2 is 1.22 bits per heavy atom. The standard InChI is InChI=1S/C25H27NO9S/c1-31-20-9-8-17(14-19(20)27)36(29,30)26-18-10-15(11-21(32-2)24(18)28)6-7-16-12-22(33-3)25(35-5)23(13-16)34-4/h6-14,26-28H,1-5H3/b7-6-. The smallest absolute Gasteiger partial charge is 0.262 e. The summed E-state index contributed by atoms with van der Waals surface area (Å²) in [5.41, 5.74) is 1.12. The highest BCUT2D eigenvalue weighted by atomic mass is 32.2. The largest absolute Gasteiger partial charge is 0.504 e. The van der Waals surface area contributed by atoms with Crippen molar-refractivity contribution in [2.45, 2.75) is 4.90 Å². The van der Waals surface area contributed by atoms with E-state index < -0.39 is 15.8 Å². The molecule has 0 aliphatic carbocycles. The average Bonchev–Trinajstić information content (AvgIpc) is 2.87. The summed E-state index contributed by atoms with van der Waals surface area (Å²) in [7, 11) is 3.06. The molecule has 0 aliphatic rings. The quantitative estimate of drug-likeness (QED) is 0.268. The minimum atomic E-state index is -4.17. The Hall–Kier alpha value is -4.25. The van der Waals surface area contributed by atoms with E-state index in [0.717, 1.165) is 6.07 Å². The maximum absolute atomic E-state index is 12.9. The van der Waals surface area contributed by atoms with Gasteiger partial charge in [0.05, 0.1) is 46.1 Å². The first-order chi connectivity index (χ1) is 17.2. The molecule has 0 bridgehead atoms. The summed E-state index contributed by atoms with van der Waals surface area (Å²) in [5.74, 6) is 0.819. The van der Waals surface area contributed by atoms with Crippen LogP contribution in [0.3, 0.4) is 0 Å². The van der Waals surface area contributed by atoms with E-state index in [-0.39, 0.29) is 27.8 Å². The Morgan fingerprint density at radius 3 is 1.72 bits per heavy atom. The van der Waals surface area contributed by atoms with E-state index in [4.69, 9.17) is 23.7 Å². The third-order valence-electron chi connectivity index (χ3n) is 5.18. The minimum Gasteiger partial charge on any atom is -0.504 e. The molecule has 3 aromatic carbocycles. The third-order valence-corrected chi connectivity index (χ3v) is 6.54. The number of phenols is 2. The number of nitrogens with one attached hydrogen (secondary N) is 1. The number of sulfonamides is 1. The Balaban J connectivity index is 1.99. The molecule has 0 atom stereocenters. The van der Waals surface area contributed by atoms with Crippen LogP contribution in [0.5, 0.6) is 40.2 Å². The topological polar surface area (TPSA) is 133 Å². The van der Waals surface area contributed by atoms with Crippen molar-refractivity contribution in [3.8, 4) is 40.2 Å². The van der Waals surface area contributed by atoms with Gasteiger partial charge < -0.3 is 33.9 Å². The number of ether oxygens (including phenoxy) is 5. The van der Waals surface area contributed by atoms with E-state index in [1.807, 2.05) is 0 Å². The molecule has 0 saturated carbocycles. The van der Waals surface area contributed by atoms with Gasteiger partial charge in [0.25, 0.3) is 10.0 Å². The van der Waals surface area contributed by atoms with Gasteiger partial charge in [-0.1, -0.05) is 12.2 Å². The number of benzene rings is 3. The van der Waals surface area contributed by atoms with E-state index in [9.17, 15) is 18.6 Å². The molecule has 0 radical (unpaired) electrons. The van der Waals surface area contributed by atoms with Gasteiger partial charge in [-0.05, 0) is 47.5 Å². The fraction of sp³-hybridized carbons (Fsp3) is 0.200. The molecule has 36 heavy (non-hydrogen) atoms. The van der Waals surface area contributed by atoms with Crippen molar-refractivity contribution in [1.82, 2.24) is 0 Å². The number of anilines is 1. The number of aromatic hydroxyl groups is 2. The molecule has 0 heterocycles. The molecule has 0 spiro atoms. The van der Waals surface area contributed by atoms with Gasteiger partial charge in [0.1, 0.15) is 0 Å². The summed E-state index contributed by atoms with van der Waals surface area (Å²) < 4.78 is 54.4. The Bertz CT molecular complexity index is 1360. The highest BCUT2D eigenvalue weighted by molar-refractivity contribution is 7.92. The molecule has 10 nitrogen and oxygen atoms in total. The molecule has 0 saturated heterocycles. The SMILES string of the molecule is COc1ccc(S(=O)(=O)Nc2cc(/C=C\c3cc(OC)c(OC)c(OC)c3)cc(OC)c2O)cc1O. The normalized spacial score (nSPS) is 11.2. The van der Waals surface area contributed by atoms with Gasteiger partial charge in [-0.15, -0.1) is 0 Å².